The van der Waals surface area contributed by atoms with Gasteiger partial charge in [0.1, 0.15) is 5.60 Å². The summed E-state index contributed by atoms with van der Waals surface area (Å²) in [6.45, 7) is 5.44. The van der Waals surface area contributed by atoms with E-state index in [4.69, 9.17) is 4.74 Å². The summed E-state index contributed by atoms with van der Waals surface area (Å²) in [4.78, 5) is 19.3. The van der Waals surface area contributed by atoms with Crippen LogP contribution in [0.4, 0.5) is 0 Å². The molecule has 0 unspecified atom stereocenters. The van der Waals surface area contributed by atoms with Gasteiger partial charge in [0.05, 0.1) is 4.47 Å². The van der Waals surface area contributed by atoms with E-state index in [0.29, 0.717) is 5.82 Å². The number of nitrogens with zero attached hydrogens (tertiary/aromatic N) is 2. The maximum absolute atomic E-state index is 11.3. The van der Waals surface area contributed by atoms with Gasteiger partial charge in [-0.1, -0.05) is 0 Å². The first kappa shape index (κ1) is 12.8. The van der Waals surface area contributed by atoms with E-state index in [1.807, 2.05) is 20.8 Å². The van der Waals surface area contributed by atoms with Crippen molar-refractivity contribution in [3.05, 3.63) is 28.8 Å². The fraction of sp³-hybridized carbons (Fsp3) is 0.364. The van der Waals surface area contributed by atoms with Crippen molar-refractivity contribution in [1.82, 2.24) is 9.97 Å². The average Bonchev–Trinajstić information content (AvgIpc) is 2.14. The summed E-state index contributed by atoms with van der Waals surface area (Å²) in [5.74, 6) is 0.0630. The molecule has 0 spiro atoms. The Hall–Kier alpha value is -1.23. The fourth-order valence-corrected chi connectivity index (χ4v) is 1.09. The molecule has 0 aromatic carbocycles. The molecule has 86 valence electrons. The molecule has 0 saturated heterocycles. The Labute approximate surface area is 103 Å². The minimum atomic E-state index is -0.484. The summed E-state index contributed by atoms with van der Waals surface area (Å²) in [7, 11) is 0. The van der Waals surface area contributed by atoms with Crippen LogP contribution in [0.2, 0.25) is 0 Å². The largest absolute Gasteiger partial charge is 0.457 e. The molecule has 0 radical (unpaired) electrons. The first-order chi connectivity index (χ1) is 7.37. The molecule has 0 N–H and O–H groups in total. The lowest BCUT2D eigenvalue weighted by molar-refractivity contribution is -0.148. The standard InChI is InChI=1S/C11H13BrN2O2/c1-11(2,3)16-10(15)5-4-9-13-6-8(12)7-14-9/h4-7H,1-3H3. The molecule has 0 atom stereocenters. The van der Waals surface area contributed by atoms with E-state index in [1.54, 1.807) is 12.4 Å². The van der Waals surface area contributed by atoms with E-state index in [0.717, 1.165) is 4.47 Å². The summed E-state index contributed by atoms with van der Waals surface area (Å²) in [6, 6.07) is 0. The number of carbonyl (C=O) groups excluding carboxylic acids is 1. The third-order valence-corrected chi connectivity index (χ3v) is 1.83. The zero-order chi connectivity index (χ0) is 12.2. The maximum Gasteiger partial charge on any atom is 0.331 e. The summed E-state index contributed by atoms with van der Waals surface area (Å²) in [5.41, 5.74) is -0.484. The second kappa shape index (κ2) is 5.21. The Morgan fingerprint density at radius 3 is 2.44 bits per heavy atom. The molecule has 0 fully saturated rings. The lowest BCUT2D eigenvalue weighted by Crippen LogP contribution is -2.22. The molecule has 1 heterocycles. The van der Waals surface area contributed by atoms with Crippen LogP contribution in [-0.2, 0) is 9.53 Å². The summed E-state index contributed by atoms with van der Waals surface area (Å²) < 4.78 is 5.89. The van der Waals surface area contributed by atoms with Gasteiger partial charge in [-0.25, -0.2) is 14.8 Å². The van der Waals surface area contributed by atoms with E-state index >= 15 is 0 Å². The monoisotopic (exact) mass is 284 g/mol. The van der Waals surface area contributed by atoms with Gasteiger partial charge in [-0.3, -0.25) is 0 Å². The summed E-state index contributed by atoms with van der Waals surface area (Å²) >= 11 is 3.22. The number of halogens is 1. The first-order valence-corrected chi connectivity index (χ1v) is 5.55. The third-order valence-electron chi connectivity index (χ3n) is 1.42. The molecule has 1 aromatic heterocycles. The molecular formula is C11H13BrN2O2. The molecule has 0 aliphatic heterocycles. The second-order valence-electron chi connectivity index (χ2n) is 4.13. The van der Waals surface area contributed by atoms with Crippen LogP contribution < -0.4 is 0 Å². The maximum atomic E-state index is 11.3. The highest BCUT2D eigenvalue weighted by Gasteiger charge is 2.13. The number of ether oxygens (including phenoxy) is 1. The zero-order valence-corrected chi connectivity index (χ0v) is 11.0. The van der Waals surface area contributed by atoms with Crippen molar-refractivity contribution in [2.45, 2.75) is 26.4 Å². The average molecular weight is 285 g/mol. The van der Waals surface area contributed by atoms with Gasteiger partial charge in [0.25, 0.3) is 0 Å². The van der Waals surface area contributed by atoms with Crippen LogP contribution in [0.1, 0.15) is 26.6 Å². The van der Waals surface area contributed by atoms with Crippen LogP contribution in [-0.4, -0.2) is 21.5 Å². The molecule has 5 heteroatoms. The Morgan fingerprint density at radius 2 is 1.94 bits per heavy atom. The highest BCUT2D eigenvalue weighted by atomic mass is 79.9. The first-order valence-electron chi connectivity index (χ1n) is 4.75. The van der Waals surface area contributed by atoms with Crippen LogP contribution in [0, 0.1) is 0 Å². The molecule has 0 aliphatic rings. The highest BCUT2D eigenvalue weighted by Crippen LogP contribution is 2.08. The number of carbonyl (C=O) groups is 1. The van der Waals surface area contributed by atoms with Crippen LogP contribution in [0.5, 0.6) is 0 Å². The van der Waals surface area contributed by atoms with E-state index in [9.17, 15) is 4.79 Å². The molecule has 0 saturated carbocycles. The Bertz CT molecular complexity index is 393. The minimum Gasteiger partial charge on any atom is -0.457 e. The Morgan fingerprint density at radius 1 is 1.38 bits per heavy atom. The lowest BCUT2D eigenvalue weighted by Gasteiger charge is -2.17. The van der Waals surface area contributed by atoms with Gasteiger partial charge in [-0.15, -0.1) is 0 Å². The molecular weight excluding hydrogens is 272 g/mol. The van der Waals surface area contributed by atoms with Crippen LogP contribution in [0.15, 0.2) is 22.9 Å². The Balaban J connectivity index is 2.60. The van der Waals surface area contributed by atoms with Crippen molar-refractivity contribution in [2.75, 3.05) is 0 Å². The zero-order valence-electron chi connectivity index (χ0n) is 9.40. The molecule has 16 heavy (non-hydrogen) atoms. The van der Waals surface area contributed by atoms with Gasteiger partial charge in [0.2, 0.25) is 0 Å². The van der Waals surface area contributed by atoms with E-state index in [1.165, 1.54) is 12.2 Å². The van der Waals surface area contributed by atoms with Crippen molar-refractivity contribution < 1.29 is 9.53 Å². The number of hydrogen-bond acceptors (Lipinski definition) is 4. The van der Waals surface area contributed by atoms with Crippen LogP contribution >= 0.6 is 15.9 Å². The van der Waals surface area contributed by atoms with E-state index in [-0.39, 0.29) is 0 Å². The van der Waals surface area contributed by atoms with Gasteiger partial charge in [0.15, 0.2) is 5.82 Å². The number of esters is 1. The second-order valence-corrected chi connectivity index (χ2v) is 5.04. The smallest absolute Gasteiger partial charge is 0.331 e. The SMILES string of the molecule is CC(C)(C)OC(=O)C=Cc1ncc(Br)cn1. The van der Waals surface area contributed by atoms with E-state index < -0.39 is 11.6 Å². The third kappa shape index (κ3) is 5.02. The Kier molecular flexibility index (Phi) is 4.18. The molecule has 1 aromatic rings. The molecule has 0 amide bonds. The van der Waals surface area contributed by atoms with Gasteiger partial charge >= 0.3 is 5.97 Å². The molecule has 1 rings (SSSR count). The van der Waals surface area contributed by atoms with Crippen molar-refractivity contribution in [1.29, 1.82) is 0 Å². The number of hydrogen-bond donors (Lipinski definition) is 0. The van der Waals surface area contributed by atoms with Gasteiger partial charge in [-0.05, 0) is 42.8 Å². The quantitative estimate of drug-likeness (QED) is 0.619. The molecule has 0 bridgehead atoms. The minimum absolute atomic E-state index is 0.404. The van der Waals surface area contributed by atoms with Crippen LogP contribution in [0.3, 0.4) is 0 Å². The predicted molar refractivity (Wildman–Crippen MR) is 64.6 cm³/mol. The number of aromatic nitrogens is 2. The fourth-order valence-electron chi connectivity index (χ4n) is 0.887. The topological polar surface area (TPSA) is 52.1 Å². The predicted octanol–water partition coefficient (Wildman–Crippen LogP) is 2.59. The normalized spacial score (nSPS) is 11.8. The van der Waals surface area contributed by atoms with Crippen molar-refractivity contribution in [2.24, 2.45) is 0 Å². The number of rotatable bonds is 2. The highest BCUT2D eigenvalue weighted by molar-refractivity contribution is 9.10. The molecule has 0 aliphatic carbocycles. The van der Waals surface area contributed by atoms with Gasteiger partial charge in [0, 0.05) is 18.5 Å². The summed E-state index contributed by atoms with van der Waals surface area (Å²) in [6.07, 6.45) is 6.05. The van der Waals surface area contributed by atoms with Gasteiger partial charge in [-0.2, -0.15) is 0 Å². The van der Waals surface area contributed by atoms with Crippen molar-refractivity contribution >= 4 is 28.0 Å². The van der Waals surface area contributed by atoms with Crippen LogP contribution in [0.25, 0.3) is 6.08 Å². The summed E-state index contributed by atoms with van der Waals surface area (Å²) in [5, 5.41) is 0. The van der Waals surface area contributed by atoms with Crippen molar-refractivity contribution in [3.63, 3.8) is 0 Å². The van der Waals surface area contributed by atoms with Crippen molar-refractivity contribution in [3.8, 4) is 0 Å². The van der Waals surface area contributed by atoms with Gasteiger partial charge < -0.3 is 4.74 Å². The molecule has 4 nitrogen and oxygen atoms in total. The lowest BCUT2D eigenvalue weighted by atomic mass is 10.2. The van der Waals surface area contributed by atoms with E-state index in [2.05, 4.69) is 25.9 Å².